The largest absolute Gasteiger partial charge is 0.497 e. The van der Waals surface area contributed by atoms with Gasteiger partial charge in [0.2, 0.25) is 0 Å². The van der Waals surface area contributed by atoms with Gasteiger partial charge in [-0.25, -0.2) is 4.79 Å². The van der Waals surface area contributed by atoms with Crippen LogP contribution in [-0.4, -0.2) is 60.1 Å². The molecule has 0 aliphatic carbocycles. The molecule has 1 aromatic carbocycles. The second kappa shape index (κ2) is 12.5. The normalized spacial score (nSPS) is 30.4. The standard InChI is InChI=1S/C28H39NO6S/c1-20-9-7-5-4-6-8-10-23-16-28(35-25(30)15-20,17-26(33-3)34-23)24-19-36-27(31)29(24)18-21-11-13-22(32-2)14-12-21/h11-15,23-24,26H,4-10,16-19H2,1-3H3/t23-,24+,26-,28-/m1/s1. The quantitative estimate of drug-likeness (QED) is 0.453. The first-order chi connectivity index (χ1) is 17.4. The monoisotopic (exact) mass is 517 g/mol. The molecule has 0 radical (unpaired) electrons. The highest BCUT2D eigenvalue weighted by Gasteiger charge is 2.55. The van der Waals surface area contributed by atoms with Gasteiger partial charge in [0, 0.05) is 38.3 Å². The predicted octanol–water partition coefficient (Wildman–Crippen LogP) is 5.86. The first kappa shape index (κ1) is 27.0. The van der Waals surface area contributed by atoms with E-state index < -0.39 is 11.9 Å². The van der Waals surface area contributed by atoms with Crippen LogP contribution >= 0.6 is 11.8 Å². The average molecular weight is 518 g/mol. The van der Waals surface area contributed by atoms with Crippen molar-refractivity contribution in [1.82, 2.24) is 4.90 Å². The third-order valence-corrected chi connectivity index (χ3v) is 8.52. The Labute approximate surface area is 218 Å². The van der Waals surface area contributed by atoms with Gasteiger partial charge >= 0.3 is 5.97 Å². The van der Waals surface area contributed by atoms with Crippen molar-refractivity contribution in [3.05, 3.63) is 41.5 Å². The Hall–Kier alpha value is -2.03. The molecule has 0 N–H and O–H groups in total. The van der Waals surface area contributed by atoms with Crippen LogP contribution in [0.2, 0.25) is 0 Å². The molecule has 198 valence electrons. The summed E-state index contributed by atoms with van der Waals surface area (Å²) in [6.45, 7) is 2.44. The highest BCUT2D eigenvalue weighted by atomic mass is 32.2. The predicted molar refractivity (Wildman–Crippen MR) is 140 cm³/mol. The zero-order valence-electron chi connectivity index (χ0n) is 21.7. The summed E-state index contributed by atoms with van der Waals surface area (Å²) in [4.78, 5) is 28.2. The third-order valence-electron chi connectivity index (χ3n) is 7.55. The Balaban J connectivity index is 1.66. The second-order valence-electron chi connectivity index (χ2n) is 10.2. The molecule has 3 aliphatic heterocycles. The van der Waals surface area contributed by atoms with E-state index in [-0.39, 0.29) is 23.4 Å². The number of nitrogens with zero attached hydrogens (tertiary/aromatic N) is 1. The van der Waals surface area contributed by atoms with E-state index in [9.17, 15) is 9.59 Å². The van der Waals surface area contributed by atoms with Crippen molar-refractivity contribution < 1.29 is 28.5 Å². The van der Waals surface area contributed by atoms with Gasteiger partial charge in [-0.2, -0.15) is 0 Å². The second-order valence-corrected chi connectivity index (χ2v) is 11.2. The van der Waals surface area contributed by atoms with Gasteiger partial charge in [-0.3, -0.25) is 4.79 Å². The van der Waals surface area contributed by atoms with Gasteiger partial charge in [0.1, 0.15) is 11.4 Å². The molecule has 2 bridgehead atoms. The third kappa shape index (κ3) is 6.64. The number of fused-ring (bicyclic) bond motifs is 2. The number of hydrogen-bond donors (Lipinski definition) is 0. The molecule has 1 amide bonds. The molecule has 0 unspecified atom stereocenters. The highest BCUT2D eigenvalue weighted by Crippen LogP contribution is 2.44. The van der Waals surface area contributed by atoms with Crippen LogP contribution in [0.1, 0.15) is 70.3 Å². The van der Waals surface area contributed by atoms with Gasteiger partial charge < -0.3 is 23.8 Å². The summed E-state index contributed by atoms with van der Waals surface area (Å²) in [5, 5.41) is 0.00405. The van der Waals surface area contributed by atoms with E-state index in [1.165, 1.54) is 18.2 Å². The molecular weight excluding hydrogens is 478 g/mol. The zero-order valence-corrected chi connectivity index (χ0v) is 22.5. The fourth-order valence-corrected chi connectivity index (χ4v) is 6.73. The molecule has 3 heterocycles. The average Bonchev–Trinajstić information content (AvgIpc) is 3.23. The van der Waals surface area contributed by atoms with E-state index in [1.54, 1.807) is 20.3 Å². The molecule has 0 saturated carbocycles. The first-order valence-corrected chi connectivity index (χ1v) is 14.1. The van der Waals surface area contributed by atoms with E-state index in [2.05, 4.69) is 0 Å². The van der Waals surface area contributed by atoms with Crippen LogP contribution < -0.4 is 4.74 Å². The SMILES string of the molecule is COc1ccc(CN2C(=O)SC[C@H]2[C@]23C[C@@H](CCCCCCCC(C)=CC(=O)O2)O[C@@H](OC)C3)cc1. The highest BCUT2D eigenvalue weighted by molar-refractivity contribution is 8.13. The molecule has 4 atom stereocenters. The van der Waals surface area contributed by atoms with E-state index in [4.69, 9.17) is 18.9 Å². The lowest BCUT2D eigenvalue weighted by Crippen LogP contribution is -2.60. The number of thioether (sulfide) groups is 1. The molecule has 2 saturated heterocycles. The van der Waals surface area contributed by atoms with E-state index >= 15 is 0 Å². The number of ether oxygens (including phenoxy) is 4. The summed E-state index contributed by atoms with van der Waals surface area (Å²) in [5.41, 5.74) is 1.15. The minimum absolute atomic E-state index is 0.00405. The van der Waals surface area contributed by atoms with Crippen molar-refractivity contribution in [2.45, 2.75) is 95.3 Å². The van der Waals surface area contributed by atoms with Crippen molar-refractivity contribution in [3.8, 4) is 5.75 Å². The maximum atomic E-state index is 13.2. The van der Waals surface area contributed by atoms with Gasteiger partial charge in [-0.05, 0) is 43.9 Å². The number of hydrogen-bond acceptors (Lipinski definition) is 7. The van der Waals surface area contributed by atoms with Crippen molar-refractivity contribution in [2.24, 2.45) is 0 Å². The molecule has 3 aliphatic rings. The fourth-order valence-electron chi connectivity index (χ4n) is 5.59. The van der Waals surface area contributed by atoms with Gasteiger partial charge in [-0.15, -0.1) is 0 Å². The summed E-state index contributed by atoms with van der Waals surface area (Å²) >= 11 is 1.29. The zero-order chi connectivity index (χ0) is 25.5. The lowest BCUT2D eigenvalue weighted by molar-refractivity contribution is -0.247. The fraction of sp³-hybridized carbons (Fsp3) is 0.643. The minimum Gasteiger partial charge on any atom is -0.497 e. The van der Waals surface area contributed by atoms with Gasteiger partial charge in [0.15, 0.2) is 6.29 Å². The molecular formula is C28H39NO6S. The summed E-state index contributed by atoms with van der Waals surface area (Å²) in [5.74, 6) is 0.996. The van der Waals surface area contributed by atoms with E-state index in [1.807, 2.05) is 36.1 Å². The molecule has 0 aromatic heterocycles. The number of carbonyl (C=O) groups is 2. The van der Waals surface area contributed by atoms with Gasteiger partial charge in [-0.1, -0.05) is 55.2 Å². The van der Waals surface area contributed by atoms with Crippen LogP contribution in [0.3, 0.4) is 0 Å². The van der Waals surface area contributed by atoms with Crippen molar-refractivity contribution in [1.29, 1.82) is 0 Å². The van der Waals surface area contributed by atoms with E-state index in [0.717, 1.165) is 55.4 Å². The summed E-state index contributed by atoms with van der Waals surface area (Å²) in [7, 11) is 3.27. The Morgan fingerprint density at radius 3 is 2.56 bits per heavy atom. The van der Waals surface area contributed by atoms with Crippen molar-refractivity contribution in [3.63, 3.8) is 0 Å². The lowest BCUT2D eigenvalue weighted by Gasteiger charge is -2.48. The van der Waals surface area contributed by atoms with Gasteiger partial charge in [0.25, 0.3) is 5.24 Å². The first-order valence-electron chi connectivity index (χ1n) is 13.1. The number of methoxy groups -OCH3 is 2. The summed E-state index contributed by atoms with van der Waals surface area (Å²) in [6.07, 6.45) is 9.46. The Morgan fingerprint density at radius 1 is 1.06 bits per heavy atom. The number of benzene rings is 1. The van der Waals surface area contributed by atoms with Crippen molar-refractivity contribution in [2.75, 3.05) is 20.0 Å². The van der Waals surface area contributed by atoms with Crippen LogP contribution in [0.5, 0.6) is 5.75 Å². The maximum Gasteiger partial charge on any atom is 0.331 e. The van der Waals surface area contributed by atoms with Crippen LogP contribution in [0.4, 0.5) is 4.79 Å². The Kier molecular flexibility index (Phi) is 9.36. The Morgan fingerprint density at radius 2 is 1.81 bits per heavy atom. The topological polar surface area (TPSA) is 74.3 Å². The van der Waals surface area contributed by atoms with Crippen LogP contribution in [0.25, 0.3) is 0 Å². The lowest BCUT2D eigenvalue weighted by atomic mass is 9.81. The van der Waals surface area contributed by atoms with Gasteiger partial charge in [0.05, 0.1) is 19.3 Å². The van der Waals surface area contributed by atoms with Crippen LogP contribution in [-0.2, 0) is 25.5 Å². The number of esters is 1. The minimum atomic E-state index is -0.882. The van der Waals surface area contributed by atoms with Crippen LogP contribution in [0.15, 0.2) is 35.9 Å². The van der Waals surface area contributed by atoms with Crippen molar-refractivity contribution >= 4 is 23.0 Å². The number of amides is 1. The summed E-state index contributed by atoms with van der Waals surface area (Å²) < 4.78 is 23.6. The molecule has 2 fully saturated rings. The maximum absolute atomic E-state index is 13.2. The van der Waals surface area contributed by atoms with Crippen LogP contribution in [0, 0.1) is 0 Å². The molecule has 1 aromatic rings. The number of rotatable bonds is 5. The Bertz CT molecular complexity index is 934. The molecule has 4 rings (SSSR count). The smallest absolute Gasteiger partial charge is 0.331 e. The molecule has 36 heavy (non-hydrogen) atoms. The number of allylic oxidation sites excluding steroid dienone is 1. The molecule has 8 heteroatoms. The molecule has 0 spiro atoms. The number of carbonyl (C=O) groups excluding carboxylic acids is 2. The molecule has 7 nitrogen and oxygen atoms in total. The summed E-state index contributed by atoms with van der Waals surface area (Å²) in [6, 6.07) is 7.47. The van der Waals surface area contributed by atoms with E-state index in [0.29, 0.717) is 25.1 Å².